The molecule has 1 aromatic carbocycles. The van der Waals surface area contributed by atoms with Gasteiger partial charge in [-0.1, -0.05) is 26.0 Å². The average molecular weight is 275 g/mol. The number of rotatable bonds is 5. The van der Waals surface area contributed by atoms with Crippen LogP contribution in [0, 0.1) is 5.92 Å². The molecule has 0 unspecified atom stereocenters. The van der Waals surface area contributed by atoms with Gasteiger partial charge in [0.15, 0.2) is 6.10 Å². The van der Waals surface area contributed by atoms with Crippen molar-refractivity contribution < 1.29 is 9.53 Å². The van der Waals surface area contributed by atoms with Crippen molar-refractivity contribution in [1.29, 1.82) is 0 Å². The lowest BCUT2D eigenvalue weighted by atomic mass is 10.2. The van der Waals surface area contributed by atoms with Gasteiger partial charge < -0.3 is 10.1 Å². The van der Waals surface area contributed by atoms with E-state index in [4.69, 9.17) is 4.74 Å². The summed E-state index contributed by atoms with van der Waals surface area (Å²) in [4.78, 5) is 11.9. The third kappa shape index (κ3) is 3.10. The maximum Gasteiger partial charge on any atom is 0.260 e. The van der Waals surface area contributed by atoms with Crippen LogP contribution in [0.25, 0.3) is 10.9 Å². The van der Waals surface area contributed by atoms with Crippen molar-refractivity contribution in [2.45, 2.75) is 26.9 Å². The minimum absolute atomic E-state index is 0.117. The molecule has 0 radical (unpaired) electrons. The molecule has 2 rings (SSSR count). The number of fused-ring (bicyclic) bond motifs is 1. The summed E-state index contributed by atoms with van der Waals surface area (Å²) in [6.45, 7) is 6.49. The number of hydrogen-bond donors (Lipinski definition) is 1. The van der Waals surface area contributed by atoms with E-state index >= 15 is 0 Å². The van der Waals surface area contributed by atoms with E-state index in [0.717, 1.165) is 10.9 Å². The fourth-order valence-electron chi connectivity index (χ4n) is 1.94. The Hall–Kier alpha value is -2.04. The molecule has 0 aliphatic carbocycles. The summed E-state index contributed by atoms with van der Waals surface area (Å²) in [6.07, 6.45) is -0.563. The summed E-state index contributed by atoms with van der Waals surface area (Å²) < 4.78 is 7.45. The number of ether oxygens (including phenoxy) is 1. The molecule has 1 atom stereocenters. The molecule has 0 spiro atoms. The molecule has 0 aliphatic rings. The number of nitrogens with zero attached hydrogens (tertiary/aromatic N) is 2. The summed E-state index contributed by atoms with van der Waals surface area (Å²) in [6, 6.07) is 7.79. The molecule has 5 heteroatoms. The molecule has 0 saturated carbocycles. The highest BCUT2D eigenvalue weighted by Crippen LogP contribution is 2.24. The van der Waals surface area contributed by atoms with E-state index in [1.54, 1.807) is 11.6 Å². The quantitative estimate of drug-likeness (QED) is 0.909. The highest BCUT2D eigenvalue weighted by atomic mass is 16.5. The minimum atomic E-state index is -0.563. The SMILES string of the molecule is CC(C)CNC(=O)[C@@H](C)Oc1nn(C)c2ccccc12. The highest BCUT2D eigenvalue weighted by Gasteiger charge is 2.18. The van der Waals surface area contributed by atoms with E-state index in [1.807, 2.05) is 31.3 Å². The molecule has 0 fully saturated rings. The largest absolute Gasteiger partial charge is 0.463 e. The number of aryl methyl sites for hydroxylation is 1. The number of carbonyl (C=O) groups is 1. The van der Waals surface area contributed by atoms with E-state index in [2.05, 4.69) is 24.3 Å². The minimum Gasteiger partial charge on any atom is -0.463 e. The van der Waals surface area contributed by atoms with Crippen LogP contribution in [0.5, 0.6) is 5.88 Å². The molecule has 2 aromatic rings. The Morgan fingerprint density at radius 2 is 2.05 bits per heavy atom. The van der Waals surface area contributed by atoms with E-state index in [9.17, 15) is 4.79 Å². The van der Waals surface area contributed by atoms with Gasteiger partial charge in [0.05, 0.1) is 10.9 Å². The van der Waals surface area contributed by atoms with Gasteiger partial charge in [0.1, 0.15) is 0 Å². The second kappa shape index (κ2) is 5.94. The van der Waals surface area contributed by atoms with Gasteiger partial charge in [0.25, 0.3) is 5.91 Å². The molecule has 1 aromatic heterocycles. The van der Waals surface area contributed by atoms with Gasteiger partial charge in [-0.3, -0.25) is 9.48 Å². The zero-order valence-electron chi connectivity index (χ0n) is 12.4. The van der Waals surface area contributed by atoms with E-state index in [-0.39, 0.29) is 5.91 Å². The smallest absolute Gasteiger partial charge is 0.260 e. The van der Waals surface area contributed by atoms with Crippen LogP contribution in [-0.2, 0) is 11.8 Å². The Bertz CT molecular complexity index is 604. The van der Waals surface area contributed by atoms with Gasteiger partial charge in [-0.25, -0.2) is 0 Å². The number of amides is 1. The lowest BCUT2D eigenvalue weighted by Gasteiger charge is -2.14. The Kier molecular flexibility index (Phi) is 4.27. The molecular formula is C15H21N3O2. The molecule has 1 N–H and O–H groups in total. The molecule has 5 nitrogen and oxygen atoms in total. The molecule has 1 heterocycles. The van der Waals surface area contributed by atoms with Gasteiger partial charge in [-0.2, -0.15) is 0 Å². The maximum atomic E-state index is 11.9. The van der Waals surface area contributed by atoms with E-state index < -0.39 is 6.10 Å². The zero-order valence-corrected chi connectivity index (χ0v) is 12.4. The molecule has 0 saturated heterocycles. The van der Waals surface area contributed by atoms with Crippen LogP contribution >= 0.6 is 0 Å². The number of benzene rings is 1. The van der Waals surface area contributed by atoms with Crippen molar-refractivity contribution in [1.82, 2.24) is 15.1 Å². The Labute approximate surface area is 118 Å². The summed E-state index contributed by atoms with van der Waals surface area (Å²) in [7, 11) is 1.86. The fraction of sp³-hybridized carbons (Fsp3) is 0.467. The first-order chi connectivity index (χ1) is 9.49. The van der Waals surface area contributed by atoms with Crippen LogP contribution in [0.4, 0.5) is 0 Å². The predicted octanol–water partition coefficient (Wildman–Crippen LogP) is 2.11. The van der Waals surface area contributed by atoms with Crippen molar-refractivity contribution in [3.05, 3.63) is 24.3 Å². The molecule has 108 valence electrons. The first kappa shape index (κ1) is 14.4. The monoisotopic (exact) mass is 275 g/mol. The van der Waals surface area contributed by atoms with Crippen LogP contribution < -0.4 is 10.1 Å². The molecular weight excluding hydrogens is 254 g/mol. The number of carbonyl (C=O) groups excluding carboxylic acids is 1. The van der Waals surface area contributed by atoms with Gasteiger partial charge in [0, 0.05) is 13.6 Å². The summed E-state index contributed by atoms with van der Waals surface area (Å²) in [5.41, 5.74) is 0.984. The molecule has 0 aliphatic heterocycles. The number of para-hydroxylation sites is 1. The number of aromatic nitrogens is 2. The van der Waals surface area contributed by atoms with Crippen LogP contribution in [-0.4, -0.2) is 28.3 Å². The Balaban J connectivity index is 2.10. The summed E-state index contributed by atoms with van der Waals surface area (Å²) >= 11 is 0. The standard InChI is InChI=1S/C15H21N3O2/c1-10(2)9-16-14(19)11(3)20-15-12-7-5-6-8-13(12)18(4)17-15/h5-8,10-11H,9H2,1-4H3,(H,16,19)/t11-/m1/s1. The topological polar surface area (TPSA) is 56.1 Å². The van der Waals surface area contributed by atoms with Crippen molar-refractivity contribution in [3.63, 3.8) is 0 Å². The first-order valence-corrected chi connectivity index (χ1v) is 6.85. The normalized spacial score (nSPS) is 12.7. The van der Waals surface area contributed by atoms with Gasteiger partial charge in [-0.05, 0) is 25.0 Å². The predicted molar refractivity (Wildman–Crippen MR) is 78.7 cm³/mol. The van der Waals surface area contributed by atoms with Crippen molar-refractivity contribution in [3.8, 4) is 5.88 Å². The van der Waals surface area contributed by atoms with Gasteiger partial charge >= 0.3 is 0 Å². The second-order valence-corrected chi connectivity index (χ2v) is 5.34. The van der Waals surface area contributed by atoms with Gasteiger partial charge in [-0.15, -0.1) is 5.10 Å². The lowest BCUT2D eigenvalue weighted by molar-refractivity contribution is -0.127. The summed E-state index contributed by atoms with van der Waals surface area (Å²) in [5, 5.41) is 8.10. The Morgan fingerprint density at radius 1 is 1.35 bits per heavy atom. The molecule has 1 amide bonds. The highest BCUT2D eigenvalue weighted by molar-refractivity contribution is 5.85. The number of hydrogen-bond acceptors (Lipinski definition) is 3. The molecule has 20 heavy (non-hydrogen) atoms. The average Bonchev–Trinajstić information content (AvgIpc) is 2.73. The van der Waals surface area contributed by atoms with Crippen LogP contribution in [0.15, 0.2) is 24.3 Å². The lowest BCUT2D eigenvalue weighted by Crippen LogP contribution is -2.38. The third-order valence-electron chi connectivity index (χ3n) is 3.07. The second-order valence-electron chi connectivity index (χ2n) is 5.34. The fourth-order valence-corrected chi connectivity index (χ4v) is 1.94. The van der Waals surface area contributed by atoms with Crippen molar-refractivity contribution in [2.75, 3.05) is 6.54 Å². The number of nitrogens with one attached hydrogen (secondary N) is 1. The zero-order chi connectivity index (χ0) is 14.7. The maximum absolute atomic E-state index is 11.9. The van der Waals surface area contributed by atoms with Crippen LogP contribution in [0.2, 0.25) is 0 Å². The van der Waals surface area contributed by atoms with Crippen LogP contribution in [0.1, 0.15) is 20.8 Å². The van der Waals surface area contributed by atoms with Crippen LogP contribution in [0.3, 0.4) is 0 Å². The van der Waals surface area contributed by atoms with Crippen molar-refractivity contribution in [2.24, 2.45) is 13.0 Å². The Morgan fingerprint density at radius 3 is 2.75 bits per heavy atom. The summed E-state index contributed by atoms with van der Waals surface area (Å²) in [5.74, 6) is 0.797. The van der Waals surface area contributed by atoms with E-state index in [1.165, 1.54) is 0 Å². The van der Waals surface area contributed by atoms with Gasteiger partial charge in [0.2, 0.25) is 5.88 Å². The van der Waals surface area contributed by atoms with Crippen molar-refractivity contribution >= 4 is 16.8 Å². The molecule has 0 bridgehead atoms. The van der Waals surface area contributed by atoms with E-state index in [0.29, 0.717) is 18.3 Å². The third-order valence-corrected chi connectivity index (χ3v) is 3.07. The first-order valence-electron chi connectivity index (χ1n) is 6.85.